The molecule has 3 N–H and O–H groups in total. The summed E-state index contributed by atoms with van der Waals surface area (Å²) in [5.41, 5.74) is 0. The van der Waals surface area contributed by atoms with Gasteiger partial charge in [0.15, 0.2) is 0 Å². The molecular weight excluding hydrogens is 180 g/mol. The minimum atomic E-state index is -0.00279. The quantitative estimate of drug-likeness (QED) is 0.573. The summed E-state index contributed by atoms with van der Waals surface area (Å²) in [6.45, 7) is 8.21. The van der Waals surface area contributed by atoms with Gasteiger partial charge < -0.3 is 15.7 Å². The lowest BCUT2D eigenvalue weighted by atomic mass is 10.1. The highest BCUT2D eigenvalue weighted by Crippen LogP contribution is 1.99. The van der Waals surface area contributed by atoms with Gasteiger partial charge in [0.2, 0.25) is 5.91 Å². The van der Waals surface area contributed by atoms with Gasteiger partial charge in [-0.2, -0.15) is 0 Å². The van der Waals surface area contributed by atoms with Crippen molar-refractivity contribution < 1.29 is 9.90 Å². The van der Waals surface area contributed by atoms with Crippen molar-refractivity contribution in [3.63, 3.8) is 0 Å². The molecule has 14 heavy (non-hydrogen) atoms. The van der Waals surface area contributed by atoms with Crippen LogP contribution in [-0.2, 0) is 4.79 Å². The standard InChI is InChI=1S/C10H22N2O2/c1-7(2)12-10(14)5-11-9(4)8(3)6-13/h7-9,11,13H,5-6H2,1-4H3,(H,12,14). The number of carbonyl (C=O) groups excluding carboxylic acids is 1. The van der Waals surface area contributed by atoms with Gasteiger partial charge in [0.1, 0.15) is 0 Å². The van der Waals surface area contributed by atoms with E-state index in [4.69, 9.17) is 5.11 Å². The van der Waals surface area contributed by atoms with Crippen molar-refractivity contribution >= 4 is 5.91 Å². The van der Waals surface area contributed by atoms with E-state index in [-0.39, 0.29) is 30.5 Å². The zero-order chi connectivity index (χ0) is 11.1. The van der Waals surface area contributed by atoms with Crippen LogP contribution in [0.15, 0.2) is 0 Å². The molecule has 0 aliphatic heterocycles. The van der Waals surface area contributed by atoms with Gasteiger partial charge in [0.25, 0.3) is 0 Å². The minimum absolute atomic E-state index is 0.00279. The fourth-order valence-electron chi connectivity index (χ4n) is 0.986. The maximum atomic E-state index is 11.2. The number of rotatable bonds is 6. The smallest absolute Gasteiger partial charge is 0.234 e. The van der Waals surface area contributed by atoms with Crippen molar-refractivity contribution in [1.29, 1.82) is 0 Å². The molecule has 0 rings (SSSR count). The summed E-state index contributed by atoms with van der Waals surface area (Å²) in [4.78, 5) is 11.2. The maximum absolute atomic E-state index is 11.2. The Bertz CT molecular complexity index is 172. The highest BCUT2D eigenvalue weighted by molar-refractivity contribution is 5.78. The van der Waals surface area contributed by atoms with Crippen molar-refractivity contribution in [1.82, 2.24) is 10.6 Å². The third-order valence-corrected chi connectivity index (χ3v) is 2.18. The minimum Gasteiger partial charge on any atom is -0.396 e. The number of carbonyl (C=O) groups is 1. The second-order valence-corrected chi connectivity index (χ2v) is 4.05. The van der Waals surface area contributed by atoms with Gasteiger partial charge >= 0.3 is 0 Å². The fourth-order valence-corrected chi connectivity index (χ4v) is 0.986. The Morgan fingerprint density at radius 1 is 1.29 bits per heavy atom. The summed E-state index contributed by atoms with van der Waals surface area (Å²) in [6.07, 6.45) is 0. The fraction of sp³-hybridized carbons (Fsp3) is 0.900. The molecular formula is C10H22N2O2. The second kappa shape index (κ2) is 6.79. The van der Waals surface area contributed by atoms with Crippen LogP contribution in [0.3, 0.4) is 0 Å². The van der Waals surface area contributed by atoms with Gasteiger partial charge in [0, 0.05) is 18.7 Å². The summed E-state index contributed by atoms with van der Waals surface area (Å²) < 4.78 is 0. The highest BCUT2D eigenvalue weighted by Gasteiger charge is 2.11. The largest absolute Gasteiger partial charge is 0.396 e. The van der Waals surface area contributed by atoms with Crippen LogP contribution in [0.5, 0.6) is 0 Å². The molecule has 2 unspecified atom stereocenters. The highest BCUT2D eigenvalue weighted by atomic mass is 16.3. The number of amides is 1. The van der Waals surface area contributed by atoms with Gasteiger partial charge in [-0.15, -0.1) is 0 Å². The van der Waals surface area contributed by atoms with Crippen molar-refractivity contribution in [3.05, 3.63) is 0 Å². The van der Waals surface area contributed by atoms with Crippen molar-refractivity contribution in [3.8, 4) is 0 Å². The van der Waals surface area contributed by atoms with Gasteiger partial charge in [-0.3, -0.25) is 4.79 Å². The van der Waals surface area contributed by atoms with Crippen molar-refractivity contribution in [2.24, 2.45) is 5.92 Å². The van der Waals surface area contributed by atoms with E-state index in [0.717, 1.165) is 0 Å². The Hall–Kier alpha value is -0.610. The van der Waals surface area contributed by atoms with Gasteiger partial charge in [-0.25, -0.2) is 0 Å². The Kier molecular flexibility index (Phi) is 6.49. The van der Waals surface area contributed by atoms with E-state index < -0.39 is 0 Å². The van der Waals surface area contributed by atoms with Crippen molar-refractivity contribution in [2.45, 2.75) is 39.8 Å². The van der Waals surface area contributed by atoms with Crippen LogP contribution in [0.4, 0.5) is 0 Å². The second-order valence-electron chi connectivity index (χ2n) is 4.05. The maximum Gasteiger partial charge on any atom is 0.234 e. The molecule has 0 aromatic heterocycles. The van der Waals surface area contributed by atoms with Crippen LogP contribution in [-0.4, -0.2) is 36.2 Å². The van der Waals surface area contributed by atoms with Gasteiger partial charge in [-0.05, 0) is 26.7 Å². The number of aliphatic hydroxyl groups excluding tert-OH is 1. The molecule has 0 radical (unpaired) electrons. The average Bonchev–Trinajstić information content (AvgIpc) is 2.11. The Labute approximate surface area is 86.1 Å². The molecule has 0 bridgehead atoms. The third-order valence-electron chi connectivity index (χ3n) is 2.18. The molecule has 84 valence electrons. The molecule has 0 aliphatic rings. The average molecular weight is 202 g/mol. The molecule has 0 fully saturated rings. The van der Waals surface area contributed by atoms with Crippen LogP contribution in [0.1, 0.15) is 27.7 Å². The molecule has 0 spiro atoms. The lowest BCUT2D eigenvalue weighted by Crippen LogP contribution is -2.43. The predicted molar refractivity (Wildman–Crippen MR) is 57.0 cm³/mol. The first-order chi connectivity index (χ1) is 6.47. The van der Waals surface area contributed by atoms with Crippen LogP contribution in [0.25, 0.3) is 0 Å². The summed E-state index contributed by atoms with van der Waals surface area (Å²) in [7, 11) is 0. The SMILES string of the molecule is CC(C)NC(=O)CNC(C)C(C)CO. The Morgan fingerprint density at radius 2 is 1.86 bits per heavy atom. The van der Waals surface area contributed by atoms with E-state index in [1.165, 1.54) is 0 Å². The lowest BCUT2D eigenvalue weighted by Gasteiger charge is -2.19. The summed E-state index contributed by atoms with van der Waals surface area (Å²) in [5.74, 6) is 0.166. The number of aliphatic hydroxyl groups is 1. The Balaban J connectivity index is 3.66. The molecule has 4 nitrogen and oxygen atoms in total. The van der Waals surface area contributed by atoms with E-state index in [9.17, 15) is 4.79 Å². The number of hydrogen-bond acceptors (Lipinski definition) is 3. The molecule has 0 saturated carbocycles. The topological polar surface area (TPSA) is 61.4 Å². The molecule has 2 atom stereocenters. The third kappa shape index (κ3) is 5.94. The summed E-state index contributed by atoms with van der Waals surface area (Å²) in [5, 5.41) is 14.7. The molecule has 1 amide bonds. The van der Waals surface area contributed by atoms with E-state index in [1.54, 1.807) is 0 Å². The van der Waals surface area contributed by atoms with Gasteiger partial charge in [-0.1, -0.05) is 6.92 Å². The molecule has 0 saturated heterocycles. The monoisotopic (exact) mass is 202 g/mol. The first-order valence-electron chi connectivity index (χ1n) is 5.11. The summed E-state index contributed by atoms with van der Waals surface area (Å²) in [6, 6.07) is 0.327. The first-order valence-corrected chi connectivity index (χ1v) is 5.11. The predicted octanol–water partition coefficient (Wildman–Crippen LogP) is 0.118. The lowest BCUT2D eigenvalue weighted by molar-refractivity contribution is -0.120. The van der Waals surface area contributed by atoms with Crippen LogP contribution in [0, 0.1) is 5.92 Å². The van der Waals surface area contributed by atoms with Crippen molar-refractivity contribution in [2.75, 3.05) is 13.2 Å². The molecule has 4 heteroatoms. The molecule has 0 aliphatic carbocycles. The number of hydrogen-bond donors (Lipinski definition) is 3. The Morgan fingerprint density at radius 3 is 2.29 bits per heavy atom. The van der Waals surface area contributed by atoms with E-state index in [0.29, 0.717) is 6.54 Å². The first kappa shape index (κ1) is 13.4. The zero-order valence-corrected chi connectivity index (χ0v) is 9.50. The van der Waals surface area contributed by atoms with Crippen LogP contribution >= 0.6 is 0 Å². The summed E-state index contributed by atoms with van der Waals surface area (Å²) >= 11 is 0. The zero-order valence-electron chi connectivity index (χ0n) is 9.50. The molecule has 0 aromatic rings. The van der Waals surface area contributed by atoms with Crippen LogP contribution < -0.4 is 10.6 Å². The molecule has 0 aromatic carbocycles. The number of nitrogens with one attached hydrogen (secondary N) is 2. The van der Waals surface area contributed by atoms with E-state index in [2.05, 4.69) is 10.6 Å². The van der Waals surface area contributed by atoms with E-state index in [1.807, 2.05) is 27.7 Å². The van der Waals surface area contributed by atoms with Crippen LogP contribution in [0.2, 0.25) is 0 Å². The van der Waals surface area contributed by atoms with E-state index >= 15 is 0 Å². The molecule has 0 heterocycles. The normalized spacial score (nSPS) is 15.3. The van der Waals surface area contributed by atoms with Gasteiger partial charge in [0.05, 0.1) is 6.54 Å².